The van der Waals surface area contributed by atoms with Crippen molar-refractivity contribution in [3.05, 3.63) is 72.1 Å². The number of ether oxygens (including phenoxy) is 1. The van der Waals surface area contributed by atoms with E-state index in [1.807, 2.05) is 61.5 Å². The Balaban J connectivity index is 1.68. The molecule has 1 saturated heterocycles. The van der Waals surface area contributed by atoms with Gasteiger partial charge in [0.2, 0.25) is 5.91 Å². The minimum atomic E-state index is -0.585. The van der Waals surface area contributed by atoms with Crippen molar-refractivity contribution in [3.63, 3.8) is 0 Å². The molecule has 4 aromatic rings. The second kappa shape index (κ2) is 9.58. The zero-order valence-corrected chi connectivity index (χ0v) is 19.7. The standard InChI is InChI=1S/C27H27N5O3/c1-17-24(18-10-4-3-5-11-18)25-29-21(27(34)30-20-13-8-9-15-28-26(20)33)16-22(32(25)31-17)19-12-6-7-14-23(19)35-2/h3-7,10-12,14,16,20H,8-9,13,15H2,1-2H3,(H,28,33)(H,30,34). The van der Waals surface area contributed by atoms with Crippen LogP contribution < -0.4 is 15.4 Å². The Morgan fingerprint density at radius 1 is 1.11 bits per heavy atom. The predicted molar refractivity (Wildman–Crippen MR) is 133 cm³/mol. The SMILES string of the molecule is COc1ccccc1-c1cc(C(=O)NC2CCCCNC2=O)nc2c(-c3ccccc3)c(C)nn12. The number of carbonyl (C=O) groups excluding carboxylic acids is 2. The van der Waals surface area contributed by atoms with Crippen LogP contribution in [-0.4, -0.2) is 46.1 Å². The van der Waals surface area contributed by atoms with Gasteiger partial charge >= 0.3 is 0 Å². The van der Waals surface area contributed by atoms with Gasteiger partial charge in [0.25, 0.3) is 5.91 Å². The Bertz CT molecular complexity index is 1400. The van der Waals surface area contributed by atoms with Crippen molar-refractivity contribution in [2.75, 3.05) is 13.7 Å². The van der Waals surface area contributed by atoms with Crippen molar-refractivity contribution in [2.24, 2.45) is 0 Å². The summed E-state index contributed by atoms with van der Waals surface area (Å²) in [5, 5.41) is 10.5. The fourth-order valence-corrected chi connectivity index (χ4v) is 4.54. The zero-order valence-electron chi connectivity index (χ0n) is 19.7. The van der Waals surface area contributed by atoms with Gasteiger partial charge in [-0.05, 0) is 49.9 Å². The number of nitrogens with zero attached hydrogens (tertiary/aromatic N) is 3. The first kappa shape index (κ1) is 22.6. The van der Waals surface area contributed by atoms with Crippen molar-refractivity contribution in [3.8, 4) is 28.1 Å². The molecule has 35 heavy (non-hydrogen) atoms. The van der Waals surface area contributed by atoms with Gasteiger partial charge in [-0.1, -0.05) is 42.5 Å². The van der Waals surface area contributed by atoms with Gasteiger partial charge in [-0.2, -0.15) is 5.10 Å². The number of para-hydroxylation sites is 1. The maximum Gasteiger partial charge on any atom is 0.270 e. The maximum absolute atomic E-state index is 13.4. The van der Waals surface area contributed by atoms with Crippen molar-refractivity contribution in [1.29, 1.82) is 0 Å². The number of nitrogens with one attached hydrogen (secondary N) is 2. The van der Waals surface area contributed by atoms with Crippen LogP contribution in [0, 0.1) is 6.92 Å². The zero-order chi connectivity index (χ0) is 24.4. The second-order valence-electron chi connectivity index (χ2n) is 8.60. The number of amides is 2. The lowest BCUT2D eigenvalue weighted by Crippen LogP contribution is -2.45. The Hall–Kier alpha value is -4.20. The summed E-state index contributed by atoms with van der Waals surface area (Å²) in [7, 11) is 1.61. The lowest BCUT2D eigenvalue weighted by Gasteiger charge is -2.16. The molecule has 3 heterocycles. The molecule has 1 fully saturated rings. The van der Waals surface area contributed by atoms with E-state index in [4.69, 9.17) is 14.8 Å². The first-order valence-corrected chi connectivity index (χ1v) is 11.7. The molecule has 2 N–H and O–H groups in total. The van der Waals surface area contributed by atoms with Gasteiger partial charge in [0.15, 0.2) is 5.65 Å². The van der Waals surface area contributed by atoms with Gasteiger partial charge in [-0.3, -0.25) is 9.59 Å². The molecule has 0 aliphatic carbocycles. The van der Waals surface area contributed by atoms with Crippen LogP contribution in [0.5, 0.6) is 5.75 Å². The average molecular weight is 470 g/mol. The highest BCUT2D eigenvalue weighted by molar-refractivity contribution is 5.98. The minimum absolute atomic E-state index is 0.160. The molecular formula is C27H27N5O3. The predicted octanol–water partition coefficient (Wildman–Crippen LogP) is 3.78. The number of hydrogen-bond donors (Lipinski definition) is 2. The first-order valence-electron chi connectivity index (χ1n) is 11.7. The van der Waals surface area contributed by atoms with Gasteiger partial charge in [-0.15, -0.1) is 0 Å². The number of hydrogen-bond acceptors (Lipinski definition) is 5. The van der Waals surface area contributed by atoms with Crippen LogP contribution in [0.2, 0.25) is 0 Å². The third-order valence-corrected chi connectivity index (χ3v) is 6.28. The summed E-state index contributed by atoms with van der Waals surface area (Å²) >= 11 is 0. The van der Waals surface area contributed by atoms with E-state index in [2.05, 4.69) is 10.6 Å². The monoisotopic (exact) mass is 469 g/mol. The molecule has 2 amide bonds. The lowest BCUT2D eigenvalue weighted by atomic mass is 10.1. The molecule has 1 aliphatic heterocycles. The molecule has 1 unspecified atom stereocenters. The number of benzene rings is 2. The van der Waals surface area contributed by atoms with Gasteiger partial charge in [-0.25, -0.2) is 9.50 Å². The molecule has 2 aromatic carbocycles. The van der Waals surface area contributed by atoms with E-state index < -0.39 is 11.9 Å². The molecule has 0 spiro atoms. The molecule has 1 atom stereocenters. The number of fused-ring (bicyclic) bond motifs is 1. The molecule has 1 aliphatic rings. The summed E-state index contributed by atoms with van der Waals surface area (Å²) in [6.07, 6.45) is 2.36. The topological polar surface area (TPSA) is 97.6 Å². The van der Waals surface area contributed by atoms with E-state index in [9.17, 15) is 9.59 Å². The molecule has 0 bridgehead atoms. The highest BCUT2D eigenvalue weighted by Crippen LogP contribution is 2.34. The van der Waals surface area contributed by atoms with Crippen molar-refractivity contribution in [2.45, 2.75) is 32.2 Å². The highest BCUT2D eigenvalue weighted by atomic mass is 16.5. The van der Waals surface area contributed by atoms with Crippen LogP contribution in [0.15, 0.2) is 60.7 Å². The number of methoxy groups -OCH3 is 1. The smallest absolute Gasteiger partial charge is 0.270 e. The average Bonchev–Trinajstić information content (AvgIpc) is 3.09. The second-order valence-corrected chi connectivity index (χ2v) is 8.60. The van der Waals surface area contributed by atoms with Crippen LogP contribution in [0.1, 0.15) is 35.4 Å². The van der Waals surface area contributed by atoms with Crippen LogP contribution in [-0.2, 0) is 4.79 Å². The van der Waals surface area contributed by atoms with Gasteiger partial charge in [0.05, 0.1) is 18.5 Å². The van der Waals surface area contributed by atoms with Gasteiger partial charge in [0, 0.05) is 17.7 Å². The van der Waals surface area contributed by atoms with Crippen LogP contribution in [0.4, 0.5) is 0 Å². The number of carbonyl (C=O) groups is 2. The van der Waals surface area contributed by atoms with E-state index in [1.165, 1.54) is 0 Å². The summed E-state index contributed by atoms with van der Waals surface area (Å²) in [6, 6.07) is 18.6. The molecular weight excluding hydrogens is 442 g/mol. The quantitative estimate of drug-likeness (QED) is 0.464. The van der Waals surface area contributed by atoms with E-state index >= 15 is 0 Å². The maximum atomic E-state index is 13.4. The number of aryl methyl sites for hydroxylation is 1. The lowest BCUT2D eigenvalue weighted by molar-refractivity contribution is -0.122. The Morgan fingerprint density at radius 3 is 2.69 bits per heavy atom. The van der Waals surface area contributed by atoms with Gasteiger partial charge in [0.1, 0.15) is 17.5 Å². The largest absolute Gasteiger partial charge is 0.496 e. The van der Waals surface area contributed by atoms with E-state index in [0.29, 0.717) is 30.1 Å². The fraction of sp³-hybridized carbons (Fsp3) is 0.259. The third kappa shape index (κ3) is 4.35. The summed E-state index contributed by atoms with van der Waals surface area (Å²) in [6.45, 7) is 2.56. The molecule has 0 saturated carbocycles. The Morgan fingerprint density at radius 2 is 1.89 bits per heavy atom. The normalized spacial score (nSPS) is 15.9. The molecule has 8 nitrogen and oxygen atoms in total. The Labute approximate surface area is 203 Å². The van der Waals surface area contributed by atoms with Crippen molar-refractivity contribution < 1.29 is 14.3 Å². The van der Waals surface area contributed by atoms with Crippen LogP contribution in [0.25, 0.3) is 28.0 Å². The summed E-state index contributed by atoms with van der Waals surface area (Å²) in [4.78, 5) is 30.6. The fourth-order valence-electron chi connectivity index (χ4n) is 4.54. The molecule has 5 rings (SSSR count). The van der Waals surface area contributed by atoms with E-state index in [1.54, 1.807) is 17.7 Å². The van der Waals surface area contributed by atoms with Crippen LogP contribution in [0.3, 0.4) is 0 Å². The van der Waals surface area contributed by atoms with Gasteiger partial charge < -0.3 is 15.4 Å². The van der Waals surface area contributed by atoms with Crippen molar-refractivity contribution >= 4 is 17.5 Å². The third-order valence-electron chi connectivity index (χ3n) is 6.28. The molecule has 0 radical (unpaired) electrons. The number of aromatic nitrogens is 3. The highest BCUT2D eigenvalue weighted by Gasteiger charge is 2.26. The van der Waals surface area contributed by atoms with Crippen LogP contribution >= 0.6 is 0 Å². The first-order chi connectivity index (χ1) is 17.1. The van der Waals surface area contributed by atoms with Crippen molar-refractivity contribution in [1.82, 2.24) is 25.2 Å². The molecule has 2 aromatic heterocycles. The van der Waals surface area contributed by atoms with E-state index in [0.717, 1.165) is 35.2 Å². The minimum Gasteiger partial charge on any atom is -0.496 e. The Kier molecular flexibility index (Phi) is 6.18. The summed E-state index contributed by atoms with van der Waals surface area (Å²) in [5.74, 6) is 0.0968. The molecule has 8 heteroatoms. The van der Waals surface area contributed by atoms with E-state index in [-0.39, 0.29) is 11.6 Å². The summed E-state index contributed by atoms with van der Waals surface area (Å²) < 4.78 is 7.36. The number of rotatable bonds is 5. The molecule has 178 valence electrons. The summed E-state index contributed by atoms with van der Waals surface area (Å²) in [5.41, 5.74) is 4.84.